The molecule has 0 radical (unpaired) electrons. The minimum Gasteiger partial charge on any atom is -0.361 e. The first-order valence-electron chi connectivity index (χ1n) is 8.82. The molecule has 0 saturated heterocycles. The first-order valence-corrected chi connectivity index (χ1v) is 9.20. The molecule has 140 valence electrons. The van der Waals surface area contributed by atoms with Gasteiger partial charge in [-0.15, -0.1) is 0 Å². The molecule has 0 aliphatic carbocycles. The highest BCUT2D eigenvalue weighted by atomic mass is 35.5. The monoisotopic (exact) mass is 383 g/mol. The van der Waals surface area contributed by atoms with Crippen molar-refractivity contribution in [2.24, 2.45) is 0 Å². The summed E-state index contributed by atoms with van der Waals surface area (Å²) in [5.74, 6) is -0.478. The highest BCUT2D eigenvalue weighted by molar-refractivity contribution is 6.30. The first kappa shape index (κ1) is 19.0. The van der Waals surface area contributed by atoms with E-state index in [-0.39, 0.29) is 17.9 Å². The molecule has 2 aromatic carbocycles. The Morgan fingerprint density at radius 1 is 1.11 bits per heavy atom. The Balaban J connectivity index is 1.77. The summed E-state index contributed by atoms with van der Waals surface area (Å²) in [5.41, 5.74) is 2.89. The van der Waals surface area contributed by atoms with Gasteiger partial charge in [-0.1, -0.05) is 41.9 Å². The SMILES string of the molecule is CC(=O)NC(Cc1c[nH]c2ccccc12)C(=O)NC(C)c1cccc(Cl)c1. The number of nitrogens with one attached hydrogen (secondary N) is 3. The topological polar surface area (TPSA) is 74.0 Å². The Morgan fingerprint density at radius 3 is 2.63 bits per heavy atom. The van der Waals surface area contributed by atoms with E-state index >= 15 is 0 Å². The van der Waals surface area contributed by atoms with Crippen LogP contribution in [0.1, 0.15) is 31.0 Å². The van der Waals surface area contributed by atoms with Crippen LogP contribution in [0.25, 0.3) is 10.9 Å². The van der Waals surface area contributed by atoms with Crippen molar-refractivity contribution in [3.05, 3.63) is 70.9 Å². The van der Waals surface area contributed by atoms with Gasteiger partial charge in [-0.3, -0.25) is 9.59 Å². The Morgan fingerprint density at radius 2 is 1.89 bits per heavy atom. The number of amides is 2. The number of carbonyl (C=O) groups excluding carboxylic acids is 2. The second-order valence-corrected chi connectivity index (χ2v) is 7.04. The maximum absolute atomic E-state index is 12.8. The van der Waals surface area contributed by atoms with Crippen LogP contribution in [0.15, 0.2) is 54.7 Å². The molecule has 3 rings (SSSR count). The fourth-order valence-electron chi connectivity index (χ4n) is 3.15. The molecule has 27 heavy (non-hydrogen) atoms. The number of aromatic nitrogens is 1. The average Bonchev–Trinajstić information content (AvgIpc) is 3.04. The third-order valence-corrected chi connectivity index (χ3v) is 4.74. The van der Waals surface area contributed by atoms with E-state index in [1.165, 1.54) is 6.92 Å². The molecule has 0 saturated carbocycles. The molecule has 3 N–H and O–H groups in total. The fraction of sp³-hybridized carbons (Fsp3) is 0.238. The predicted octanol–water partition coefficient (Wildman–Crippen LogP) is 3.75. The summed E-state index contributed by atoms with van der Waals surface area (Å²) in [6.07, 6.45) is 2.28. The normalized spacial score (nSPS) is 13.1. The standard InChI is InChI=1S/C21H22ClN3O2/c1-13(15-6-5-7-17(22)10-15)24-21(27)20(25-14(2)26)11-16-12-23-19-9-4-3-8-18(16)19/h3-10,12-13,20,23H,11H2,1-2H3,(H,24,27)(H,25,26). The van der Waals surface area contributed by atoms with E-state index in [9.17, 15) is 9.59 Å². The first-order chi connectivity index (χ1) is 12.9. The van der Waals surface area contributed by atoms with Gasteiger partial charge in [0.05, 0.1) is 6.04 Å². The van der Waals surface area contributed by atoms with Gasteiger partial charge in [0.2, 0.25) is 11.8 Å². The highest BCUT2D eigenvalue weighted by Gasteiger charge is 2.23. The van der Waals surface area contributed by atoms with Crippen molar-refractivity contribution in [3.63, 3.8) is 0 Å². The van der Waals surface area contributed by atoms with Crippen molar-refractivity contribution in [1.29, 1.82) is 0 Å². The number of H-pyrrole nitrogens is 1. The molecular formula is C21H22ClN3O2. The molecule has 0 aliphatic rings. The molecule has 0 aliphatic heterocycles. The summed E-state index contributed by atoms with van der Waals surface area (Å²) in [6, 6.07) is 14.4. The van der Waals surface area contributed by atoms with Gasteiger partial charge in [0.15, 0.2) is 0 Å². The molecule has 0 spiro atoms. The lowest BCUT2D eigenvalue weighted by molar-refractivity contribution is -0.128. The van der Waals surface area contributed by atoms with Crippen molar-refractivity contribution in [1.82, 2.24) is 15.6 Å². The van der Waals surface area contributed by atoms with Gasteiger partial charge in [0, 0.05) is 35.5 Å². The van der Waals surface area contributed by atoms with E-state index < -0.39 is 6.04 Å². The van der Waals surface area contributed by atoms with Gasteiger partial charge < -0.3 is 15.6 Å². The zero-order valence-electron chi connectivity index (χ0n) is 15.3. The molecule has 2 amide bonds. The number of hydrogen-bond acceptors (Lipinski definition) is 2. The van der Waals surface area contributed by atoms with Crippen LogP contribution in [0.5, 0.6) is 0 Å². The Bertz CT molecular complexity index is 967. The number of fused-ring (bicyclic) bond motifs is 1. The molecule has 2 atom stereocenters. The van der Waals surface area contributed by atoms with Gasteiger partial charge in [-0.05, 0) is 36.2 Å². The van der Waals surface area contributed by atoms with Crippen LogP contribution in [-0.4, -0.2) is 22.8 Å². The average molecular weight is 384 g/mol. The van der Waals surface area contributed by atoms with Crippen LogP contribution >= 0.6 is 11.6 Å². The van der Waals surface area contributed by atoms with Crippen LogP contribution in [0.2, 0.25) is 5.02 Å². The van der Waals surface area contributed by atoms with Crippen LogP contribution < -0.4 is 10.6 Å². The second kappa shape index (κ2) is 8.27. The molecule has 2 unspecified atom stereocenters. The van der Waals surface area contributed by atoms with Crippen LogP contribution in [-0.2, 0) is 16.0 Å². The van der Waals surface area contributed by atoms with E-state index in [0.29, 0.717) is 11.4 Å². The number of para-hydroxylation sites is 1. The molecule has 5 nitrogen and oxygen atoms in total. The van der Waals surface area contributed by atoms with Gasteiger partial charge >= 0.3 is 0 Å². The zero-order valence-corrected chi connectivity index (χ0v) is 16.0. The summed E-state index contributed by atoms with van der Waals surface area (Å²) < 4.78 is 0. The Labute approximate surface area is 163 Å². The zero-order chi connectivity index (χ0) is 19.4. The van der Waals surface area contributed by atoms with E-state index in [1.54, 1.807) is 6.07 Å². The van der Waals surface area contributed by atoms with Crippen LogP contribution in [0.3, 0.4) is 0 Å². The maximum atomic E-state index is 12.8. The summed E-state index contributed by atoms with van der Waals surface area (Å²) in [5, 5.41) is 7.39. The quantitative estimate of drug-likeness (QED) is 0.606. The highest BCUT2D eigenvalue weighted by Crippen LogP contribution is 2.20. The van der Waals surface area contributed by atoms with E-state index in [1.807, 2.05) is 55.6 Å². The molecule has 3 aromatic rings. The second-order valence-electron chi connectivity index (χ2n) is 6.60. The summed E-state index contributed by atoms with van der Waals surface area (Å²) in [4.78, 5) is 27.7. The predicted molar refractivity (Wildman–Crippen MR) is 108 cm³/mol. The van der Waals surface area contributed by atoms with E-state index in [4.69, 9.17) is 11.6 Å². The maximum Gasteiger partial charge on any atom is 0.243 e. The van der Waals surface area contributed by atoms with E-state index in [2.05, 4.69) is 15.6 Å². The summed E-state index contributed by atoms with van der Waals surface area (Å²) in [6.45, 7) is 3.30. The van der Waals surface area contributed by atoms with Gasteiger partial charge in [0.1, 0.15) is 6.04 Å². The molecule has 1 aromatic heterocycles. The van der Waals surface area contributed by atoms with Crippen molar-refractivity contribution in [3.8, 4) is 0 Å². The van der Waals surface area contributed by atoms with Crippen molar-refractivity contribution in [2.75, 3.05) is 0 Å². The summed E-state index contributed by atoms with van der Waals surface area (Å²) in [7, 11) is 0. The third kappa shape index (κ3) is 4.68. The van der Waals surface area contributed by atoms with Crippen molar-refractivity contribution in [2.45, 2.75) is 32.4 Å². The van der Waals surface area contributed by atoms with Crippen molar-refractivity contribution < 1.29 is 9.59 Å². The van der Waals surface area contributed by atoms with Gasteiger partial charge in [0.25, 0.3) is 0 Å². The van der Waals surface area contributed by atoms with Gasteiger partial charge in [-0.25, -0.2) is 0 Å². The number of carbonyl (C=O) groups is 2. The number of rotatable bonds is 6. The van der Waals surface area contributed by atoms with E-state index in [0.717, 1.165) is 22.0 Å². The number of halogens is 1. The lowest BCUT2D eigenvalue weighted by Gasteiger charge is -2.21. The van der Waals surface area contributed by atoms with Crippen LogP contribution in [0.4, 0.5) is 0 Å². The largest absolute Gasteiger partial charge is 0.361 e. The Hall–Kier alpha value is -2.79. The minimum absolute atomic E-state index is 0.226. The lowest BCUT2D eigenvalue weighted by atomic mass is 10.0. The number of benzene rings is 2. The Kier molecular flexibility index (Phi) is 5.81. The molecule has 6 heteroatoms. The molecular weight excluding hydrogens is 362 g/mol. The number of hydrogen-bond donors (Lipinski definition) is 3. The van der Waals surface area contributed by atoms with Crippen molar-refractivity contribution >= 4 is 34.3 Å². The summed E-state index contributed by atoms with van der Waals surface area (Å²) >= 11 is 6.03. The molecule has 0 bridgehead atoms. The fourth-order valence-corrected chi connectivity index (χ4v) is 3.35. The minimum atomic E-state index is -0.664. The molecule has 0 fully saturated rings. The number of aromatic amines is 1. The smallest absolute Gasteiger partial charge is 0.243 e. The van der Waals surface area contributed by atoms with Crippen LogP contribution in [0, 0.1) is 0 Å². The molecule has 1 heterocycles. The third-order valence-electron chi connectivity index (χ3n) is 4.50. The van der Waals surface area contributed by atoms with Gasteiger partial charge in [-0.2, -0.15) is 0 Å². The lowest BCUT2D eigenvalue weighted by Crippen LogP contribution is -2.47.